The molecule has 162 valence electrons. The predicted molar refractivity (Wildman–Crippen MR) is 119 cm³/mol. The van der Waals surface area contributed by atoms with Gasteiger partial charge in [-0.1, -0.05) is 48.5 Å². The summed E-state index contributed by atoms with van der Waals surface area (Å²) in [5.41, 5.74) is 4.62. The fourth-order valence-electron chi connectivity index (χ4n) is 4.61. The number of carbonyl (C=O) groups is 2. The number of ether oxygens (including phenoxy) is 2. The van der Waals surface area contributed by atoms with Crippen molar-refractivity contribution in [2.75, 3.05) is 13.2 Å². The standard InChI is InChI=1S/C26H23NO5/c28-17-11-13-18(14-12-17)32-25(29)24-10-5-15-27(24)26(30)31-16-23-21-8-3-1-6-19(21)20-7-2-4-9-22(20)23/h1-4,6-9,11-14,23-24,28H,5,10,15-16H2. The first-order chi connectivity index (χ1) is 15.6. The van der Waals surface area contributed by atoms with Crippen LogP contribution in [0.5, 0.6) is 11.5 Å². The zero-order valence-corrected chi connectivity index (χ0v) is 17.4. The van der Waals surface area contributed by atoms with Crippen molar-refractivity contribution in [3.05, 3.63) is 83.9 Å². The highest BCUT2D eigenvalue weighted by Gasteiger charge is 2.37. The molecule has 0 spiro atoms. The number of fused-ring (bicyclic) bond motifs is 3. The fraction of sp³-hybridized carbons (Fsp3) is 0.231. The Hall–Kier alpha value is -3.80. The lowest BCUT2D eigenvalue weighted by Crippen LogP contribution is -2.43. The van der Waals surface area contributed by atoms with Crippen molar-refractivity contribution >= 4 is 12.1 Å². The van der Waals surface area contributed by atoms with E-state index in [1.165, 1.54) is 40.3 Å². The molecule has 3 aromatic rings. The van der Waals surface area contributed by atoms with E-state index in [0.29, 0.717) is 25.1 Å². The lowest BCUT2D eigenvalue weighted by molar-refractivity contribution is -0.139. The number of carbonyl (C=O) groups excluding carboxylic acids is 2. The Labute approximate surface area is 186 Å². The van der Waals surface area contributed by atoms with Gasteiger partial charge in [0.1, 0.15) is 24.1 Å². The van der Waals surface area contributed by atoms with E-state index in [-0.39, 0.29) is 18.3 Å². The molecule has 1 N–H and O–H groups in total. The van der Waals surface area contributed by atoms with Crippen LogP contribution in [0.25, 0.3) is 11.1 Å². The quantitative estimate of drug-likeness (QED) is 0.480. The second-order valence-electron chi connectivity index (χ2n) is 8.07. The molecular weight excluding hydrogens is 406 g/mol. The maximum Gasteiger partial charge on any atom is 0.410 e. The first-order valence-corrected chi connectivity index (χ1v) is 10.7. The summed E-state index contributed by atoms with van der Waals surface area (Å²) in [5.74, 6) is -0.115. The second kappa shape index (κ2) is 8.38. The average molecular weight is 429 g/mol. The van der Waals surface area contributed by atoms with Crippen molar-refractivity contribution in [3.8, 4) is 22.6 Å². The number of benzene rings is 3. The Bertz CT molecular complexity index is 1110. The lowest BCUT2D eigenvalue weighted by Gasteiger charge is -2.24. The molecule has 1 fully saturated rings. The van der Waals surface area contributed by atoms with Crippen molar-refractivity contribution in [1.29, 1.82) is 0 Å². The number of phenols is 1. The summed E-state index contributed by atoms with van der Waals surface area (Å²) in [7, 11) is 0. The van der Waals surface area contributed by atoms with Crippen molar-refractivity contribution in [3.63, 3.8) is 0 Å². The number of likely N-dealkylation sites (tertiary alicyclic amines) is 1. The van der Waals surface area contributed by atoms with Crippen molar-refractivity contribution in [2.24, 2.45) is 0 Å². The molecule has 1 heterocycles. The van der Waals surface area contributed by atoms with Gasteiger partial charge >= 0.3 is 12.1 Å². The van der Waals surface area contributed by atoms with Gasteiger partial charge in [0.25, 0.3) is 0 Å². The van der Waals surface area contributed by atoms with E-state index in [2.05, 4.69) is 24.3 Å². The molecule has 1 aliphatic carbocycles. The summed E-state index contributed by atoms with van der Waals surface area (Å²) in [4.78, 5) is 27.0. The van der Waals surface area contributed by atoms with E-state index in [0.717, 1.165) is 11.1 Å². The normalized spacial score (nSPS) is 17.0. The minimum absolute atomic E-state index is 0.0312. The first-order valence-electron chi connectivity index (χ1n) is 10.7. The Morgan fingerprint density at radius 2 is 1.53 bits per heavy atom. The van der Waals surface area contributed by atoms with Crippen LogP contribution in [0.1, 0.15) is 29.9 Å². The molecule has 1 atom stereocenters. The van der Waals surface area contributed by atoms with Crippen LogP contribution < -0.4 is 4.74 Å². The van der Waals surface area contributed by atoms with E-state index in [9.17, 15) is 14.7 Å². The van der Waals surface area contributed by atoms with Crippen LogP contribution in [0.3, 0.4) is 0 Å². The smallest absolute Gasteiger partial charge is 0.410 e. The number of hydrogen-bond acceptors (Lipinski definition) is 5. The van der Waals surface area contributed by atoms with Gasteiger partial charge in [0.05, 0.1) is 0 Å². The highest BCUT2D eigenvalue weighted by molar-refractivity contribution is 5.84. The average Bonchev–Trinajstić information content (AvgIpc) is 3.43. The van der Waals surface area contributed by atoms with E-state index in [1.807, 2.05) is 24.3 Å². The van der Waals surface area contributed by atoms with Crippen molar-refractivity contribution < 1.29 is 24.2 Å². The van der Waals surface area contributed by atoms with Crippen molar-refractivity contribution in [1.82, 2.24) is 4.90 Å². The maximum absolute atomic E-state index is 12.9. The Morgan fingerprint density at radius 3 is 2.19 bits per heavy atom. The van der Waals surface area contributed by atoms with Crippen LogP contribution in [-0.2, 0) is 9.53 Å². The van der Waals surface area contributed by atoms with Crippen LogP contribution in [0.15, 0.2) is 72.8 Å². The zero-order valence-electron chi connectivity index (χ0n) is 17.4. The fourth-order valence-corrected chi connectivity index (χ4v) is 4.61. The van der Waals surface area contributed by atoms with Gasteiger partial charge in [0.2, 0.25) is 0 Å². The monoisotopic (exact) mass is 429 g/mol. The van der Waals surface area contributed by atoms with Gasteiger partial charge in [-0.2, -0.15) is 0 Å². The topological polar surface area (TPSA) is 76.1 Å². The van der Waals surface area contributed by atoms with Crippen LogP contribution in [-0.4, -0.2) is 41.3 Å². The molecule has 5 rings (SSSR count). The molecule has 0 bridgehead atoms. The summed E-state index contributed by atoms with van der Waals surface area (Å²) >= 11 is 0. The number of hydrogen-bond donors (Lipinski definition) is 1. The summed E-state index contributed by atoms with van der Waals surface area (Å²) in [6.45, 7) is 0.662. The largest absolute Gasteiger partial charge is 0.508 e. The van der Waals surface area contributed by atoms with E-state index >= 15 is 0 Å². The Kier molecular flexibility index (Phi) is 5.27. The number of phenolic OH excluding ortho intramolecular Hbond substituents is 1. The minimum Gasteiger partial charge on any atom is -0.508 e. The summed E-state index contributed by atoms with van der Waals surface area (Å²) < 4.78 is 11.1. The van der Waals surface area contributed by atoms with E-state index in [1.54, 1.807) is 0 Å². The molecule has 1 saturated heterocycles. The third kappa shape index (κ3) is 3.68. The summed E-state index contributed by atoms with van der Waals surface area (Å²) in [6.07, 6.45) is 0.734. The number of aromatic hydroxyl groups is 1. The van der Waals surface area contributed by atoms with E-state index in [4.69, 9.17) is 9.47 Å². The Balaban J connectivity index is 1.27. The molecule has 32 heavy (non-hydrogen) atoms. The zero-order chi connectivity index (χ0) is 22.1. The van der Waals surface area contributed by atoms with Gasteiger partial charge in [-0.3, -0.25) is 4.90 Å². The highest BCUT2D eigenvalue weighted by atomic mass is 16.6. The third-order valence-corrected chi connectivity index (χ3v) is 6.15. The van der Waals surface area contributed by atoms with Crippen LogP contribution in [0.4, 0.5) is 4.79 Å². The van der Waals surface area contributed by atoms with Gasteiger partial charge < -0.3 is 14.6 Å². The Morgan fingerprint density at radius 1 is 0.906 bits per heavy atom. The molecule has 6 heteroatoms. The summed E-state index contributed by atoms with van der Waals surface area (Å²) in [6, 6.07) is 21.6. The summed E-state index contributed by atoms with van der Waals surface area (Å²) in [5, 5.41) is 9.38. The van der Waals surface area contributed by atoms with Crippen LogP contribution >= 0.6 is 0 Å². The first kappa shape index (κ1) is 20.1. The van der Waals surface area contributed by atoms with Crippen molar-refractivity contribution in [2.45, 2.75) is 24.8 Å². The molecule has 3 aromatic carbocycles. The molecule has 1 amide bonds. The van der Waals surface area contributed by atoms with Gasteiger partial charge in [-0.05, 0) is 59.4 Å². The minimum atomic E-state index is -0.681. The number of esters is 1. The van der Waals surface area contributed by atoms with Crippen LogP contribution in [0.2, 0.25) is 0 Å². The molecule has 2 aliphatic rings. The van der Waals surface area contributed by atoms with Gasteiger partial charge in [0, 0.05) is 12.5 Å². The number of amides is 1. The molecule has 0 saturated carbocycles. The second-order valence-corrected chi connectivity index (χ2v) is 8.07. The van der Waals surface area contributed by atoms with Gasteiger partial charge in [0.15, 0.2) is 0 Å². The highest BCUT2D eigenvalue weighted by Crippen LogP contribution is 2.44. The molecular formula is C26H23NO5. The number of nitrogens with zero attached hydrogens (tertiary/aromatic N) is 1. The molecule has 6 nitrogen and oxygen atoms in total. The molecule has 1 unspecified atom stereocenters. The lowest BCUT2D eigenvalue weighted by atomic mass is 9.98. The third-order valence-electron chi connectivity index (χ3n) is 6.15. The van der Waals surface area contributed by atoms with Gasteiger partial charge in [-0.25, -0.2) is 9.59 Å². The SMILES string of the molecule is O=C(Oc1ccc(O)cc1)C1CCCN1C(=O)OCC1c2ccccc2-c2ccccc21. The maximum atomic E-state index is 12.9. The van der Waals surface area contributed by atoms with Crippen LogP contribution in [0, 0.1) is 0 Å². The molecule has 1 aliphatic heterocycles. The predicted octanol–water partition coefficient (Wildman–Crippen LogP) is 4.71. The van der Waals surface area contributed by atoms with E-state index < -0.39 is 18.1 Å². The molecule has 0 radical (unpaired) electrons. The molecule has 0 aromatic heterocycles. The van der Waals surface area contributed by atoms with Gasteiger partial charge in [-0.15, -0.1) is 0 Å². The number of rotatable bonds is 4.